The Kier molecular flexibility index (Phi) is 3.63. The molecule has 0 unspecified atom stereocenters. The summed E-state index contributed by atoms with van der Waals surface area (Å²) in [6.45, 7) is 0.720. The second-order valence-electron chi connectivity index (χ2n) is 5.48. The zero-order chi connectivity index (χ0) is 13.3. The minimum atomic E-state index is 0.179. The van der Waals surface area contributed by atoms with Crippen molar-refractivity contribution in [1.82, 2.24) is 0 Å². The van der Waals surface area contributed by atoms with E-state index in [-0.39, 0.29) is 5.41 Å². The van der Waals surface area contributed by atoms with Crippen molar-refractivity contribution in [1.29, 1.82) is 0 Å². The van der Waals surface area contributed by atoms with Crippen molar-refractivity contribution in [2.75, 3.05) is 25.2 Å². The minimum absolute atomic E-state index is 0.179. The lowest BCUT2D eigenvalue weighted by Gasteiger charge is -2.42. The van der Waals surface area contributed by atoms with Gasteiger partial charge in [-0.3, -0.25) is 0 Å². The Balaban J connectivity index is 1.87. The average molecular weight is 279 g/mol. The summed E-state index contributed by atoms with van der Waals surface area (Å²) in [5.74, 6) is 3.86. The molecule has 104 valence electrons. The molecule has 2 fully saturated rings. The van der Waals surface area contributed by atoms with Gasteiger partial charge in [-0.25, -0.2) is 0 Å². The molecule has 1 aromatic carbocycles. The molecule has 1 aromatic rings. The molecule has 0 bridgehead atoms. The van der Waals surface area contributed by atoms with E-state index >= 15 is 0 Å². The molecule has 2 aliphatic rings. The van der Waals surface area contributed by atoms with E-state index in [0.717, 1.165) is 29.5 Å². The molecule has 1 heterocycles. The lowest BCUT2D eigenvalue weighted by molar-refractivity contribution is 0.223. The van der Waals surface area contributed by atoms with E-state index in [1.807, 2.05) is 17.8 Å². The van der Waals surface area contributed by atoms with E-state index in [2.05, 4.69) is 12.1 Å². The molecule has 3 nitrogen and oxygen atoms in total. The van der Waals surface area contributed by atoms with E-state index in [9.17, 15) is 0 Å². The summed E-state index contributed by atoms with van der Waals surface area (Å²) < 4.78 is 11.4. The van der Waals surface area contributed by atoms with E-state index in [0.29, 0.717) is 6.10 Å². The molecule has 1 saturated carbocycles. The third-order valence-corrected chi connectivity index (χ3v) is 5.59. The molecule has 19 heavy (non-hydrogen) atoms. The monoisotopic (exact) mass is 279 g/mol. The van der Waals surface area contributed by atoms with Crippen molar-refractivity contribution in [3.63, 3.8) is 0 Å². The zero-order valence-electron chi connectivity index (χ0n) is 11.4. The molecule has 0 aromatic heterocycles. The van der Waals surface area contributed by atoms with Crippen molar-refractivity contribution >= 4 is 11.8 Å². The molecule has 2 N–H and O–H groups in total. The van der Waals surface area contributed by atoms with Crippen LogP contribution in [0.5, 0.6) is 11.5 Å². The van der Waals surface area contributed by atoms with Crippen molar-refractivity contribution in [3.05, 3.63) is 23.8 Å². The summed E-state index contributed by atoms with van der Waals surface area (Å²) in [5, 5.41) is 0. The van der Waals surface area contributed by atoms with Crippen LogP contribution in [0, 0.1) is 0 Å². The van der Waals surface area contributed by atoms with E-state index < -0.39 is 0 Å². The van der Waals surface area contributed by atoms with Gasteiger partial charge in [0.2, 0.25) is 0 Å². The average Bonchev–Trinajstić information content (AvgIpc) is 2.33. The highest BCUT2D eigenvalue weighted by molar-refractivity contribution is 8.00. The van der Waals surface area contributed by atoms with E-state index in [1.54, 1.807) is 7.11 Å². The number of methoxy groups -OCH3 is 1. The number of benzene rings is 1. The largest absolute Gasteiger partial charge is 0.493 e. The van der Waals surface area contributed by atoms with Crippen LogP contribution in [0.3, 0.4) is 0 Å². The van der Waals surface area contributed by atoms with Gasteiger partial charge in [-0.15, -0.1) is 0 Å². The van der Waals surface area contributed by atoms with Crippen LogP contribution >= 0.6 is 11.8 Å². The fourth-order valence-electron chi connectivity index (χ4n) is 2.77. The summed E-state index contributed by atoms with van der Waals surface area (Å²) in [6, 6.07) is 6.31. The van der Waals surface area contributed by atoms with Gasteiger partial charge < -0.3 is 15.2 Å². The summed E-state index contributed by atoms with van der Waals surface area (Å²) in [4.78, 5) is 0. The maximum atomic E-state index is 6.03. The highest BCUT2D eigenvalue weighted by Crippen LogP contribution is 2.45. The van der Waals surface area contributed by atoms with E-state index in [4.69, 9.17) is 15.2 Å². The van der Waals surface area contributed by atoms with Gasteiger partial charge in [0.1, 0.15) is 6.10 Å². The van der Waals surface area contributed by atoms with Gasteiger partial charge in [0.05, 0.1) is 7.11 Å². The van der Waals surface area contributed by atoms with Gasteiger partial charge in [-0.05, 0) is 30.5 Å². The fraction of sp³-hybridized carbons (Fsp3) is 0.600. The predicted octanol–water partition coefficient (Wildman–Crippen LogP) is 2.57. The molecule has 1 saturated heterocycles. The topological polar surface area (TPSA) is 44.5 Å². The fourth-order valence-corrected chi connectivity index (χ4v) is 3.34. The maximum absolute atomic E-state index is 6.03. The minimum Gasteiger partial charge on any atom is -0.493 e. The summed E-state index contributed by atoms with van der Waals surface area (Å²) in [7, 11) is 1.69. The Labute approximate surface area is 118 Å². The first-order valence-electron chi connectivity index (χ1n) is 6.90. The smallest absolute Gasteiger partial charge is 0.161 e. The molecule has 4 heteroatoms. The van der Waals surface area contributed by atoms with Gasteiger partial charge in [-0.2, -0.15) is 11.8 Å². The lowest BCUT2D eigenvalue weighted by atomic mass is 9.64. The quantitative estimate of drug-likeness (QED) is 0.899. The van der Waals surface area contributed by atoms with E-state index in [1.165, 1.54) is 24.8 Å². The Morgan fingerprint density at radius 2 is 2.11 bits per heavy atom. The lowest BCUT2D eigenvalue weighted by Crippen LogP contribution is -2.41. The molecular formula is C15H21NO2S. The molecule has 0 amide bonds. The van der Waals surface area contributed by atoms with Crippen LogP contribution in [0.25, 0.3) is 0 Å². The molecule has 0 radical (unpaired) electrons. The van der Waals surface area contributed by atoms with Crippen LogP contribution in [0.4, 0.5) is 0 Å². The first-order chi connectivity index (χ1) is 9.27. The summed E-state index contributed by atoms with van der Waals surface area (Å²) in [6.07, 6.45) is 3.99. The van der Waals surface area contributed by atoms with Crippen LogP contribution < -0.4 is 15.2 Å². The van der Waals surface area contributed by atoms with Crippen LogP contribution in [0.15, 0.2) is 18.2 Å². The van der Waals surface area contributed by atoms with Gasteiger partial charge >= 0.3 is 0 Å². The second-order valence-corrected chi connectivity index (χ2v) is 6.56. The Morgan fingerprint density at radius 1 is 1.32 bits per heavy atom. The van der Waals surface area contributed by atoms with Gasteiger partial charge in [0.15, 0.2) is 11.5 Å². The van der Waals surface area contributed by atoms with Crippen molar-refractivity contribution in [3.8, 4) is 11.5 Å². The molecule has 0 atom stereocenters. The Bertz CT molecular complexity index is 450. The normalized spacial score (nSPS) is 21.4. The van der Waals surface area contributed by atoms with Crippen LogP contribution in [-0.2, 0) is 5.41 Å². The molecule has 0 spiro atoms. The van der Waals surface area contributed by atoms with Crippen LogP contribution in [0.1, 0.15) is 24.8 Å². The number of ether oxygens (including phenoxy) is 2. The molecule has 1 aliphatic heterocycles. The predicted molar refractivity (Wildman–Crippen MR) is 79.3 cm³/mol. The highest BCUT2D eigenvalue weighted by Gasteiger charge is 2.38. The highest BCUT2D eigenvalue weighted by atomic mass is 32.2. The number of nitrogens with two attached hydrogens (primary N) is 1. The summed E-state index contributed by atoms with van der Waals surface area (Å²) in [5.41, 5.74) is 7.47. The maximum Gasteiger partial charge on any atom is 0.161 e. The SMILES string of the molecule is COc1ccc(C2(CN)CCC2)cc1OC1CSC1. The van der Waals surface area contributed by atoms with Gasteiger partial charge in [0.25, 0.3) is 0 Å². The summed E-state index contributed by atoms with van der Waals surface area (Å²) >= 11 is 1.92. The van der Waals surface area contributed by atoms with Gasteiger partial charge in [-0.1, -0.05) is 12.5 Å². The van der Waals surface area contributed by atoms with Crippen LogP contribution in [0.2, 0.25) is 0 Å². The third-order valence-electron chi connectivity index (χ3n) is 4.38. The van der Waals surface area contributed by atoms with Crippen molar-refractivity contribution in [2.45, 2.75) is 30.8 Å². The zero-order valence-corrected chi connectivity index (χ0v) is 12.2. The van der Waals surface area contributed by atoms with Crippen molar-refractivity contribution < 1.29 is 9.47 Å². The molecular weight excluding hydrogens is 258 g/mol. The first kappa shape index (κ1) is 13.1. The number of rotatable bonds is 5. The van der Waals surface area contributed by atoms with Gasteiger partial charge in [0, 0.05) is 23.5 Å². The number of thioether (sulfide) groups is 1. The molecule has 1 aliphatic carbocycles. The number of hydrogen-bond donors (Lipinski definition) is 1. The third kappa shape index (κ3) is 2.32. The Morgan fingerprint density at radius 3 is 2.58 bits per heavy atom. The standard InChI is InChI=1S/C15H21NO2S/c1-17-13-4-3-11(15(10-16)5-2-6-15)7-14(13)18-12-8-19-9-12/h3-4,7,12H,2,5-6,8-10,16H2,1H3. The Hall–Kier alpha value is -0.870. The first-order valence-corrected chi connectivity index (χ1v) is 8.06. The molecule has 3 rings (SSSR count). The second kappa shape index (κ2) is 5.25. The van der Waals surface area contributed by atoms with Crippen LogP contribution in [-0.4, -0.2) is 31.3 Å². The van der Waals surface area contributed by atoms with Crippen molar-refractivity contribution in [2.24, 2.45) is 5.73 Å². The number of hydrogen-bond acceptors (Lipinski definition) is 4.